The summed E-state index contributed by atoms with van der Waals surface area (Å²) >= 11 is 0. The molecule has 2 atom stereocenters. The molecule has 0 radical (unpaired) electrons. The molecule has 0 aromatic rings. The third kappa shape index (κ3) is 2.93. The first kappa shape index (κ1) is 13.4. The lowest BCUT2D eigenvalue weighted by molar-refractivity contribution is -0.127. The Hall–Kier alpha value is -0.660. The SMILES string of the molecule is CCC[C@@H]1CCC(=O)[C@]1(C)CCCC(C)=O. The van der Waals surface area contributed by atoms with E-state index in [4.69, 9.17) is 0 Å². The summed E-state index contributed by atoms with van der Waals surface area (Å²) in [6, 6.07) is 0. The van der Waals surface area contributed by atoms with Crippen molar-refractivity contribution in [2.24, 2.45) is 11.3 Å². The highest BCUT2D eigenvalue weighted by molar-refractivity contribution is 5.87. The summed E-state index contributed by atoms with van der Waals surface area (Å²) in [5.74, 6) is 1.22. The van der Waals surface area contributed by atoms with Crippen molar-refractivity contribution in [3.8, 4) is 0 Å². The smallest absolute Gasteiger partial charge is 0.139 e. The molecule has 1 saturated carbocycles. The first-order chi connectivity index (χ1) is 7.50. The molecule has 2 nitrogen and oxygen atoms in total. The highest BCUT2D eigenvalue weighted by atomic mass is 16.1. The molecular weight excluding hydrogens is 200 g/mol. The quantitative estimate of drug-likeness (QED) is 0.691. The molecule has 16 heavy (non-hydrogen) atoms. The fourth-order valence-corrected chi connectivity index (χ4v) is 3.00. The van der Waals surface area contributed by atoms with Crippen LogP contribution in [0.25, 0.3) is 0 Å². The Morgan fingerprint density at radius 1 is 1.50 bits per heavy atom. The van der Waals surface area contributed by atoms with E-state index in [0.29, 0.717) is 18.1 Å². The first-order valence-corrected chi connectivity index (χ1v) is 6.53. The number of rotatable bonds is 6. The van der Waals surface area contributed by atoms with Crippen molar-refractivity contribution in [1.29, 1.82) is 0 Å². The molecule has 0 aromatic heterocycles. The van der Waals surface area contributed by atoms with Crippen LogP contribution in [0.5, 0.6) is 0 Å². The van der Waals surface area contributed by atoms with Crippen LogP contribution in [0.4, 0.5) is 0 Å². The average Bonchev–Trinajstić information content (AvgIpc) is 2.46. The molecule has 2 heteroatoms. The molecule has 0 unspecified atom stereocenters. The molecule has 0 bridgehead atoms. The largest absolute Gasteiger partial charge is 0.300 e. The Morgan fingerprint density at radius 3 is 2.75 bits per heavy atom. The number of Topliss-reactive ketones (excluding diaryl/α,β-unsaturated/α-hetero) is 2. The zero-order chi connectivity index (χ0) is 12.2. The molecule has 1 aliphatic carbocycles. The van der Waals surface area contributed by atoms with E-state index >= 15 is 0 Å². The van der Waals surface area contributed by atoms with Crippen LogP contribution in [0.3, 0.4) is 0 Å². The molecule has 0 amide bonds. The maximum absolute atomic E-state index is 12.0. The van der Waals surface area contributed by atoms with E-state index in [2.05, 4.69) is 13.8 Å². The van der Waals surface area contributed by atoms with Gasteiger partial charge in [0.15, 0.2) is 0 Å². The molecule has 0 spiro atoms. The van der Waals surface area contributed by atoms with Gasteiger partial charge in [0.1, 0.15) is 11.6 Å². The maximum Gasteiger partial charge on any atom is 0.139 e. The summed E-state index contributed by atoms with van der Waals surface area (Å²) in [5.41, 5.74) is -0.133. The number of carbonyl (C=O) groups is 2. The molecule has 1 fully saturated rings. The van der Waals surface area contributed by atoms with Gasteiger partial charge in [-0.25, -0.2) is 0 Å². The molecule has 1 aliphatic rings. The zero-order valence-electron chi connectivity index (χ0n) is 10.8. The lowest BCUT2D eigenvalue weighted by atomic mass is 9.73. The van der Waals surface area contributed by atoms with Crippen molar-refractivity contribution in [1.82, 2.24) is 0 Å². The van der Waals surface area contributed by atoms with E-state index in [-0.39, 0.29) is 11.2 Å². The third-order valence-electron chi connectivity index (χ3n) is 4.12. The predicted molar refractivity (Wildman–Crippen MR) is 65.3 cm³/mol. The molecule has 0 saturated heterocycles. The lowest BCUT2D eigenvalue weighted by Gasteiger charge is -2.30. The predicted octanol–water partition coefficient (Wildman–Crippen LogP) is 3.53. The second kappa shape index (κ2) is 5.60. The van der Waals surface area contributed by atoms with E-state index in [0.717, 1.165) is 38.5 Å². The molecular formula is C14H24O2. The second-order valence-electron chi connectivity index (χ2n) is 5.42. The Bertz CT molecular complexity index is 270. The number of ketones is 2. The highest BCUT2D eigenvalue weighted by Crippen LogP contribution is 2.46. The van der Waals surface area contributed by atoms with Crippen LogP contribution in [0.1, 0.15) is 65.7 Å². The molecule has 1 rings (SSSR count). The minimum absolute atomic E-state index is 0.133. The average molecular weight is 224 g/mol. The molecule has 0 N–H and O–H groups in total. The first-order valence-electron chi connectivity index (χ1n) is 6.53. The van der Waals surface area contributed by atoms with Crippen molar-refractivity contribution < 1.29 is 9.59 Å². The summed E-state index contributed by atoms with van der Waals surface area (Å²) < 4.78 is 0. The van der Waals surface area contributed by atoms with E-state index < -0.39 is 0 Å². The normalized spacial score (nSPS) is 29.7. The summed E-state index contributed by atoms with van der Waals surface area (Å²) in [5, 5.41) is 0. The molecule has 0 heterocycles. The maximum atomic E-state index is 12.0. The Labute approximate surface area is 98.8 Å². The Morgan fingerprint density at radius 2 is 2.19 bits per heavy atom. The van der Waals surface area contributed by atoms with Crippen molar-refractivity contribution in [3.05, 3.63) is 0 Å². The van der Waals surface area contributed by atoms with Gasteiger partial charge in [-0.15, -0.1) is 0 Å². The summed E-state index contributed by atoms with van der Waals surface area (Å²) in [6.45, 7) is 5.92. The van der Waals surface area contributed by atoms with Crippen LogP contribution in [0, 0.1) is 11.3 Å². The van der Waals surface area contributed by atoms with Gasteiger partial charge >= 0.3 is 0 Å². The number of carbonyl (C=O) groups excluding carboxylic acids is 2. The van der Waals surface area contributed by atoms with Gasteiger partial charge in [-0.05, 0) is 38.5 Å². The standard InChI is InChI=1S/C14H24O2/c1-4-6-12-8-9-13(16)14(12,3)10-5-7-11(2)15/h12H,4-10H2,1-3H3/t12-,14-/m1/s1. The second-order valence-corrected chi connectivity index (χ2v) is 5.42. The van der Waals surface area contributed by atoms with Crippen LogP contribution >= 0.6 is 0 Å². The van der Waals surface area contributed by atoms with E-state index in [1.165, 1.54) is 0 Å². The molecule has 92 valence electrons. The minimum atomic E-state index is -0.133. The van der Waals surface area contributed by atoms with Gasteiger partial charge in [0.05, 0.1) is 0 Å². The van der Waals surface area contributed by atoms with Gasteiger partial charge < -0.3 is 4.79 Å². The number of hydrogen-bond donors (Lipinski definition) is 0. The number of hydrogen-bond acceptors (Lipinski definition) is 2. The Kier molecular flexibility index (Phi) is 4.69. The van der Waals surface area contributed by atoms with Gasteiger partial charge in [0.2, 0.25) is 0 Å². The van der Waals surface area contributed by atoms with Crippen LogP contribution < -0.4 is 0 Å². The van der Waals surface area contributed by atoms with Gasteiger partial charge in [0, 0.05) is 18.3 Å². The van der Waals surface area contributed by atoms with Crippen molar-refractivity contribution in [3.63, 3.8) is 0 Å². The summed E-state index contributed by atoms with van der Waals surface area (Å²) in [6.07, 6.45) is 6.52. The summed E-state index contributed by atoms with van der Waals surface area (Å²) in [7, 11) is 0. The van der Waals surface area contributed by atoms with Crippen molar-refractivity contribution in [2.45, 2.75) is 65.7 Å². The zero-order valence-corrected chi connectivity index (χ0v) is 10.8. The molecule has 0 aromatic carbocycles. The fraction of sp³-hybridized carbons (Fsp3) is 0.857. The van der Waals surface area contributed by atoms with Crippen LogP contribution in [0.15, 0.2) is 0 Å². The van der Waals surface area contributed by atoms with E-state index in [1.807, 2.05) is 0 Å². The van der Waals surface area contributed by atoms with Gasteiger partial charge in [-0.3, -0.25) is 4.79 Å². The Balaban J connectivity index is 2.56. The highest BCUT2D eigenvalue weighted by Gasteiger charge is 2.44. The minimum Gasteiger partial charge on any atom is -0.300 e. The third-order valence-corrected chi connectivity index (χ3v) is 4.12. The van der Waals surface area contributed by atoms with Crippen LogP contribution in [-0.2, 0) is 9.59 Å². The van der Waals surface area contributed by atoms with E-state index in [1.54, 1.807) is 6.92 Å². The van der Waals surface area contributed by atoms with Crippen LogP contribution in [-0.4, -0.2) is 11.6 Å². The van der Waals surface area contributed by atoms with Crippen LogP contribution in [0.2, 0.25) is 0 Å². The summed E-state index contributed by atoms with van der Waals surface area (Å²) in [4.78, 5) is 22.9. The van der Waals surface area contributed by atoms with Gasteiger partial charge in [0.25, 0.3) is 0 Å². The monoisotopic (exact) mass is 224 g/mol. The van der Waals surface area contributed by atoms with E-state index in [9.17, 15) is 9.59 Å². The lowest BCUT2D eigenvalue weighted by Crippen LogP contribution is -2.29. The fourth-order valence-electron chi connectivity index (χ4n) is 3.00. The molecule has 0 aliphatic heterocycles. The van der Waals surface area contributed by atoms with Gasteiger partial charge in [-0.2, -0.15) is 0 Å². The topological polar surface area (TPSA) is 34.1 Å². The van der Waals surface area contributed by atoms with Crippen molar-refractivity contribution in [2.75, 3.05) is 0 Å². The van der Waals surface area contributed by atoms with Gasteiger partial charge in [-0.1, -0.05) is 20.3 Å². The van der Waals surface area contributed by atoms with Crippen molar-refractivity contribution >= 4 is 11.6 Å².